The number of fused-ring (bicyclic) bond motifs is 2. The fraction of sp³-hybridized carbons (Fsp3) is 0.259. The van der Waals surface area contributed by atoms with E-state index >= 15 is 0 Å². The van der Waals surface area contributed by atoms with Crippen LogP contribution in [0.25, 0.3) is 33.4 Å². The van der Waals surface area contributed by atoms with Crippen molar-refractivity contribution in [3.63, 3.8) is 0 Å². The number of halogens is 2. The van der Waals surface area contributed by atoms with Crippen LogP contribution in [0, 0.1) is 5.92 Å². The zero-order valence-corrected chi connectivity index (χ0v) is 20.5. The van der Waals surface area contributed by atoms with Crippen LogP contribution in [-0.4, -0.2) is 17.6 Å². The first-order valence-corrected chi connectivity index (χ1v) is 12.0. The number of amides is 1. The maximum absolute atomic E-state index is 12.7. The molecular weight excluding hydrogens is 473 g/mol. The summed E-state index contributed by atoms with van der Waals surface area (Å²) < 4.78 is 5.89. The molecule has 176 valence electrons. The van der Waals surface area contributed by atoms with Crippen LogP contribution in [0.1, 0.15) is 43.5 Å². The van der Waals surface area contributed by atoms with E-state index in [4.69, 9.17) is 27.6 Å². The summed E-state index contributed by atoms with van der Waals surface area (Å²) in [6.07, 6.45) is 3.20. The first-order valence-electron chi connectivity index (χ1n) is 11.3. The lowest BCUT2D eigenvalue weighted by molar-refractivity contribution is 0.0946. The van der Waals surface area contributed by atoms with Crippen molar-refractivity contribution in [3.8, 4) is 28.2 Å². The fourth-order valence-electron chi connectivity index (χ4n) is 4.20. The van der Waals surface area contributed by atoms with E-state index in [1.165, 1.54) is 12.1 Å². The van der Waals surface area contributed by atoms with Crippen molar-refractivity contribution in [1.82, 2.24) is 5.32 Å². The summed E-state index contributed by atoms with van der Waals surface area (Å²) in [6, 6.07) is 13.1. The molecule has 5 nitrogen and oxygen atoms in total. The molecule has 7 heteroatoms. The molecule has 2 aliphatic rings. The Hall–Kier alpha value is -3.02. The minimum absolute atomic E-state index is 0.0710. The molecule has 0 spiro atoms. The predicted octanol–water partition coefficient (Wildman–Crippen LogP) is 7.13. The number of hydrogen-bond acceptors (Lipinski definition) is 4. The average Bonchev–Trinajstić information content (AvgIpc) is 2.82. The molecule has 1 atom stereocenters. The topological polar surface area (TPSA) is 79.5 Å². The Morgan fingerprint density at radius 3 is 2.47 bits per heavy atom. The SMILES string of the molecule is CCCC(CC)CNC(=O)c1ccc(-c2c3cc(Cl)c(=O)cc-3oc3cc(O)c(Cl)cc23)cc1. The number of aromatic hydroxyl groups is 1. The second kappa shape index (κ2) is 10.1. The number of carbonyl (C=O) groups excluding carboxylic acids is 1. The Kier molecular flexibility index (Phi) is 7.15. The van der Waals surface area contributed by atoms with Gasteiger partial charge in [0, 0.05) is 40.8 Å². The van der Waals surface area contributed by atoms with E-state index in [2.05, 4.69) is 19.2 Å². The van der Waals surface area contributed by atoms with Crippen LogP contribution in [0.3, 0.4) is 0 Å². The molecule has 2 aromatic rings. The number of carbonyl (C=O) groups is 1. The zero-order chi connectivity index (χ0) is 24.4. The van der Waals surface area contributed by atoms with Crippen molar-refractivity contribution >= 4 is 40.1 Å². The normalized spacial score (nSPS) is 12.2. The molecular formula is C27H25Cl2NO4. The summed E-state index contributed by atoms with van der Waals surface area (Å²) >= 11 is 12.3. The first kappa shape index (κ1) is 24.1. The van der Waals surface area contributed by atoms with Gasteiger partial charge < -0.3 is 14.8 Å². The molecule has 1 aliphatic carbocycles. The van der Waals surface area contributed by atoms with Gasteiger partial charge in [-0.05, 0) is 42.2 Å². The molecule has 0 bridgehead atoms. The first-order chi connectivity index (χ1) is 16.3. The lowest BCUT2D eigenvalue weighted by Gasteiger charge is -2.17. The molecule has 1 unspecified atom stereocenters. The molecule has 0 saturated carbocycles. The fourth-order valence-corrected chi connectivity index (χ4v) is 4.53. The standard InChI is InChI=1S/C27H25Cl2NO4/c1-3-5-15(4-2)14-30-27(33)17-8-6-16(7-9-17)26-18-10-20(28)22(31)12-24(18)34-25-13-23(32)21(29)11-19(25)26/h6-13,15,31H,3-5,14H2,1-2H3,(H,30,33). The van der Waals surface area contributed by atoms with Gasteiger partial charge in [0.1, 0.15) is 17.1 Å². The van der Waals surface area contributed by atoms with Gasteiger partial charge in [-0.25, -0.2) is 0 Å². The van der Waals surface area contributed by atoms with E-state index in [1.54, 1.807) is 24.3 Å². The zero-order valence-electron chi connectivity index (χ0n) is 19.0. The molecule has 4 rings (SSSR count). The van der Waals surface area contributed by atoms with Gasteiger partial charge in [0.15, 0.2) is 0 Å². The molecule has 1 heterocycles. The summed E-state index contributed by atoms with van der Waals surface area (Å²) in [5.74, 6) is 0.559. The third-order valence-electron chi connectivity index (χ3n) is 6.10. The lowest BCUT2D eigenvalue weighted by atomic mass is 9.93. The molecule has 0 saturated heterocycles. The van der Waals surface area contributed by atoms with Crippen LogP contribution >= 0.6 is 23.2 Å². The van der Waals surface area contributed by atoms with Crippen molar-refractivity contribution in [2.24, 2.45) is 5.92 Å². The quantitative estimate of drug-likeness (QED) is 0.266. The third kappa shape index (κ3) is 4.77. The smallest absolute Gasteiger partial charge is 0.251 e. The summed E-state index contributed by atoms with van der Waals surface area (Å²) in [5.41, 5.74) is 2.72. The number of nitrogens with one attached hydrogen (secondary N) is 1. The Morgan fingerprint density at radius 2 is 1.79 bits per heavy atom. The minimum atomic E-state index is -0.359. The van der Waals surface area contributed by atoms with Crippen molar-refractivity contribution in [1.29, 1.82) is 0 Å². The summed E-state index contributed by atoms with van der Waals surface area (Å²) in [7, 11) is 0. The molecule has 2 aromatic carbocycles. The Bertz CT molecular complexity index is 1380. The maximum atomic E-state index is 12.7. The average molecular weight is 498 g/mol. The second-order valence-electron chi connectivity index (χ2n) is 8.41. The second-order valence-corrected chi connectivity index (χ2v) is 9.22. The van der Waals surface area contributed by atoms with Crippen LogP contribution in [0.15, 0.2) is 57.7 Å². The monoisotopic (exact) mass is 497 g/mol. The van der Waals surface area contributed by atoms with Crippen LogP contribution in [0.4, 0.5) is 0 Å². The third-order valence-corrected chi connectivity index (χ3v) is 6.70. The molecule has 1 amide bonds. The van der Waals surface area contributed by atoms with Crippen LogP contribution < -0.4 is 10.7 Å². The van der Waals surface area contributed by atoms with Gasteiger partial charge >= 0.3 is 0 Å². The van der Waals surface area contributed by atoms with E-state index in [1.807, 2.05) is 12.1 Å². The molecule has 34 heavy (non-hydrogen) atoms. The van der Waals surface area contributed by atoms with Crippen molar-refractivity contribution in [2.75, 3.05) is 6.54 Å². The highest BCUT2D eigenvalue weighted by molar-refractivity contribution is 6.33. The van der Waals surface area contributed by atoms with Gasteiger partial charge in [-0.3, -0.25) is 9.59 Å². The van der Waals surface area contributed by atoms with E-state index < -0.39 is 0 Å². The number of rotatable bonds is 7. The van der Waals surface area contributed by atoms with Crippen LogP contribution in [-0.2, 0) is 0 Å². The Labute approximate surface area is 207 Å². The largest absolute Gasteiger partial charge is 0.506 e. The highest BCUT2D eigenvalue weighted by atomic mass is 35.5. The van der Waals surface area contributed by atoms with E-state index in [0.717, 1.165) is 30.4 Å². The van der Waals surface area contributed by atoms with E-state index in [-0.39, 0.29) is 27.1 Å². The van der Waals surface area contributed by atoms with E-state index in [9.17, 15) is 14.7 Å². The van der Waals surface area contributed by atoms with Crippen LogP contribution in [0.2, 0.25) is 10.0 Å². The Morgan fingerprint density at radius 1 is 1.06 bits per heavy atom. The van der Waals surface area contributed by atoms with Gasteiger partial charge in [0.25, 0.3) is 5.91 Å². The molecule has 1 aliphatic heterocycles. The molecule has 2 N–H and O–H groups in total. The van der Waals surface area contributed by atoms with Gasteiger partial charge in [-0.2, -0.15) is 0 Å². The number of hydrogen-bond donors (Lipinski definition) is 2. The van der Waals surface area contributed by atoms with Crippen LogP contribution in [0.5, 0.6) is 5.75 Å². The lowest BCUT2D eigenvalue weighted by Crippen LogP contribution is -2.29. The highest BCUT2D eigenvalue weighted by Gasteiger charge is 2.20. The highest BCUT2D eigenvalue weighted by Crippen LogP contribution is 2.43. The minimum Gasteiger partial charge on any atom is -0.506 e. The molecule has 0 aromatic heterocycles. The summed E-state index contributed by atoms with van der Waals surface area (Å²) in [5, 5.41) is 14.0. The number of phenols is 1. The Balaban J connectivity index is 1.77. The van der Waals surface area contributed by atoms with E-state index in [0.29, 0.717) is 40.3 Å². The summed E-state index contributed by atoms with van der Waals surface area (Å²) in [6.45, 7) is 4.93. The number of phenolic OH excluding ortho intramolecular Hbond substituents is 1. The van der Waals surface area contributed by atoms with Gasteiger partial charge in [-0.15, -0.1) is 0 Å². The van der Waals surface area contributed by atoms with Gasteiger partial charge in [0.05, 0.1) is 10.0 Å². The van der Waals surface area contributed by atoms with Crippen molar-refractivity contribution < 1.29 is 14.3 Å². The van der Waals surface area contributed by atoms with Gasteiger partial charge in [0.2, 0.25) is 5.43 Å². The van der Waals surface area contributed by atoms with Gasteiger partial charge in [-0.1, -0.05) is 62.0 Å². The number of benzene rings is 3. The predicted molar refractivity (Wildman–Crippen MR) is 137 cm³/mol. The van der Waals surface area contributed by atoms with Crippen molar-refractivity contribution in [3.05, 3.63) is 74.4 Å². The molecule has 0 radical (unpaired) electrons. The maximum Gasteiger partial charge on any atom is 0.251 e. The van der Waals surface area contributed by atoms with Crippen molar-refractivity contribution in [2.45, 2.75) is 33.1 Å². The summed E-state index contributed by atoms with van der Waals surface area (Å²) in [4.78, 5) is 24.8. The molecule has 0 fully saturated rings.